The van der Waals surface area contributed by atoms with Gasteiger partial charge < -0.3 is 10.1 Å². The molecule has 0 aromatic rings. The van der Waals surface area contributed by atoms with Crippen molar-refractivity contribution in [2.75, 3.05) is 20.2 Å². The summed E-state index contributed by atoms with van der Waals surface area (Å²) in [5.74, 6) is -0.178. The van der Waals surface area contributed by atoms with Gasteiger partial charge in [-0.25, -0.2) is 0 Å². The highest BCUT2D eigenvalue weighted by molar-refractivity contribution is 5.73. The number of amides is 1. The first-order valence-corrected chi connectivity index (χ1v) is 5.61. The molecule has 2 atom stereocenters. The summed E-state index contributed by atoms with van der Waals surface area (Å²) in [4.78, 5) is 24.2. The van der Waals surface area contributed by atoms with Gasteiger partial charge in [0, 0.05) is 32.1 Å². The second kappa shape index (κ2) is 5.84. The maximum absolute atomic E-state index is 11.1. The molecule has 1 aliphatic heterocycles. The quantitative estimate of drug-likeness (QED) is 0.696. The predicted molar refractivity (Wildman–Crippen MR) is 59.9 cm³/mol. The lowest BCUT2D eigenvalue weighted by atomic mass is 10.2. The number of methoxy groups -OCH3 is 1. The molecule has 1 aliphatic rings. The largest absolute Gasteiger partial charge is 0.469 e. The van der Waals surface area contributed by atoms with Gasteiger partial charge in [-0.05, 0) is 13.3 Å². The fourth-order valence-corrected chi connectivity index (χ4v) is 2.05. The molecule has 0 spiro atoms. The molecule has 1 saturated heterocycles. The molecule has 0 radical (unpaired) electrons. The van der Waals surface area contributed by atoms with Crippen molar-refractivity contribution in [1.29, 1.82) is 0 Å². The summed E-state index contributed by atoms with van der Waals surface area (Å²) in [7, 11) is 1.40. The summed E-state index contributed by atoms with van der Waals surface area (Å²) >= 11 is 0. The van der Waals surface area contributed by atoms with Gasteiger partial charge in [-0.2, -0.15) is 0 Å². The van der Waals surface area contributed by atoms with Crippen molar-refractivity contribution in [3.05, 3.63) is 0 Å². The Morgan fingerprint density at radius 2 is 2.25 bits per heavy atom. The van der Waals surface area contributed by atoms with Crippen LogP contribution in [0.1, 0.15) is 26.7 Å². The summed E-state index contributed by atoms with van der Waals surface area (Å²) in [6.07, 6.45) is 1.36. The summed E-state index contributed by atoms with van der Waals surface area (Å²) in [6, 6.07) is 0.392. The number of carbonyl (C=O) groups is 2. The minimum Gasteiger partial charge on any atom is -0.469 e. The molecule has 92 valence electrons. The summed E-state index contributed by atoms with van der Waals surface area (Å²) in [5, 5.41) is 2.90. The fourth-order valence-electron chi connectivity index (χ4n) is 2.05. The van der Waals surface area contributed by atoms with E-state index in [-0.39, 0.29) is 24.0 Å². The molecule has 2 unspecified atom stereocenters. The van der Waals surface area contributed by atoms with Crippen LogP contribution in [0.5, 0.6) is 0 Å². The van der Waals surface area contributed by atoms with Crippen LogP contribution in [-0.4, -0.2) is 49.1 Å². The average molecular weight is 228 g/mol. The number of esters is 1. The molecule has 5 nitrogen and oxygen atoms in total. The van der Waals surface area contributed by atoms with E-state index < -0.39 is 0 Å². The lowest BCUT2D eigenvalue weighted by Crippen LogP contribution is -2.38. The van der Waals surface area contributed by atoms with Gasteiger partial charge in [0.1, 0.15) is 0 Å². The number of nitrogens with zero attached hydrogens (tertiary/aromatic N) is 1. The third-order valence-corrected chi connectivity index (χ3v) is 2.94. The number of ether oxygens (including phenoxy) is 1. The minimum atomic E-state index is -0.185. The lowest BCUT2D eigenvalue weighted by molar-refractivity contribution is -0.141. The van der Waals surface area contributed by atoms with Crippen LogP contribution in [0.2, 0.25) is 0 Å². The Balaban J connectivity index is 2.34. The molecular weight excluding hydrogens is 208 g/mol. The van der Waals surface area contributed by atoms with Gasteiger partial charge in [-0.1, -0.05) is 0 Å². The Bertz CT molecular complexity index is 268. The van der Waals surface area contributed by atoms with Crippen molar-refractivity contribution in [2.45, 2.75) is 38.8 Å². The molecule has 1 heterocycles. The molecule has 1 fully saturated rings. The van der Waals surface area contributed by atoms with Crippen LogP contribution in [0.25, 0.3) is 0 Å². The zero-order valence-electron chi connectivity index (χ0n) is 10.2. The van der Waals surface area contributed by atoms with Gasteiger partial charge in [0.2, 0.25) is 5.91 Å². The minimum absolute atomic E-state index is 0.00692. The third kappa shape index (κ3) is 3.81. The first-order chi connectivity index (χ1) is 7.52. The zero-order chi connectivity index (χ0) is 12.1. The normalized spacial score (nSPS) is 22.8. The topological polar surface area (TPSA) is 58.6 Å². The van der Waals surface area contributed by atoms with Crippen molar-refractivity contribution < 1.29 is 14.3 Å². The van der Waals surface area contributed by atoms with Crippen molar-refractivity contribution in [1.82, 2.24) is 10.2 Å². The van der Waals surface area contributed by atoms with Crippen LogP contribution in [0, 0.1) is 0 Å². The van der Waals surface area contributed by atoms with Crippen LogP contribution in [0.4, 0.5) is 0 Å². The predicted octanol–water partition coefficient (Wildman–Crippen LogP) is 0.148. The second-order valence-corrected chi connectivity index (χ2v) is 4.31. The SMILES string of the molecule is COC(=O)CC(C)N1CCC(NC(C)=O)C1. The van der Waals surface area contributed by atoms with Gasteiger partial charge in [-0.3, -0.25) is 14.5 Å². The molecule has 0 aromatic heterocycles. The van der Waals surface area contributed by atoms with Crippen molar-refractivity contribution in [3.8, 4) is 0 Å². The lowest BCUT2D eigenvalue weighted by Gasteiger charge is -2.23. The van der Waals surface area contributed by atoms with Gasteiger partial charge in [0.05, 0.1) is 13.5 Å². The van der Waals surface area contributed by atoms with Crippen molar-refractivity contribution in [2.24, 2.45) is 0 Å². The van der Waals surface area contributed by atoms with Gasteiger partial charge in [0.15, 0.2) is 0 Å². The van der Waals surface area contributed by atoms with Crippen LogP contribution >= 0.6 is 0 Å². The van der Waals surface area contributed by atoms with Crippen molar-refractivity contribution >= 4 is 11.9 Å². The zero-order valence-corrected chi connectivity index (χ0v) is 10.2. The molecule has 0 aliphatic carbocycles. The maximum atomic E-state index is 11.1. The van der Waals surface area contributed by atoms with Gasteiger partial charge in [-0.15, -0.1) is 0 Å². The van der Waals surface area contributed by atoms with E-state index in [4.69, 9.17) is 0 Å². The highest BCUT2D eigenvalue weighted by Crippen LogP contribution is 2.14. The number of carbonyl (C=O) groups excluding carboxylic acids is 2. The summed E-state index contributed by atoms with van der Waals surface area (Å²) < 4.78 is 4.64. The Hall–Kier alpha value is -1.10. The molecule has 1 N–H and O–H groups in total. The van der Waals surface area contributed by atoms with Crippen LogP contribution in [0.3, 0.4) is 0 Å². The monoisotopic (exact) mass is 228 g/mol. The maximum Gasteiger partial charge on any atom is 0.307 e. The second-order valence-electron chi connectivity index (χ2n) is 4.31. The molecule has 0 saturated carbocycles. The van der Waals surface area contributed by atoms with E-state index in [9.17, 15) is 9.59 Å². The van der Waals surface area contributed by atoms with Gasteiger partial charge in [0.25, 0.3) is 0 Å². The standard InChI is InChI=1S/C11H20N2O3/c1-8(6-11(15)16-3)13-5-4-10(7-13)12-9(2)14/h8,10H,4-7H2,1-3H3,(H,12,14). The van der Waals surface area contributed by atoms with Crippen LogP contribution in [-0.2, 0) is 14.3 Å². The number of rotatable bonds is 4. The van der Waals surface area contributed by atoms with E-state index in [1.807, 2.05) is 6.92 Å². The molecule has 1 rings (SSSR count). The number of hydrogen-bond acceptors (Lipinski definition) is 4. The van der Waals surface area contributed by atoms with E-state index >= 15 is 0 Å². The highest BCUT2D eigenvalue weighted by Gasteiger charge is 2.27. The number of likely N-dealkylation sites (tertiary alicyclic amines) is 1. The van der Waals surface area contributed by atoms with E-state index in [0.29, 0.717) is 6.42 Å². The Morgan fingerprint density at radius 1 is 1.56 bits per heavy atom. The van der Waals surface area contributed by atoms with Gasteiger partial charge >= 0.3 is 5.97 Å². The summed E-state index contributed by atoms with van der Waals surface area (Å²) in [6.45, 7) is 5.27. The summed E-state index contributed by atoms with van der Waals surface area (Å²) in [5.41, 5.74) is 0. The molecule has 1 amide bonds. The molecule has 0 bridgehead atoms. The fraction of sp³-hybridized carbons (Fsp3) is 0.818. The number of hydrogen-bond donors (Lipinski definition) is 1. The van der Waals surface area contributed by atoms with Crippen molar-refractivity contribution in [3.63, 3.8) is 0 Å². The average Bonchev–Trinajstić information content (AvgIpc) is 2.65. The molecule has 0 aromatic carbocycles. The van der Waals surface area contributed by atoms with E-state index in [1.165, 1.54) is 14.0 Å². The first-order valence-electron chi connectivity index (χ1n) is 5.61. The van der Waals surface area contributed by atoms with E-state index in [1.54, 1.807) is 0 Å². The molecule has 5 heteroatoms. The van der Waals surface area contributed by atoms with E-state index in [2.05, 4.69) is 15.0 Å². The molecule has 16 heavy (non-hydrogen) atoms. The number of nitrogens with one attached hydrogen (secondary N) is 1. The van der Waals surface area contributed by atoms with Crippen LogP contribution in [0.15, 0.2) is 0 Å². The van der Waals surface area contributed by atoms with E-state index in [0.717, 1.165) is 19.5 Å². The Labute approximate surface area is 96.1 Å². The molecular formula is C11H20N2O3. The van der Waals surface area contributed by atoms with Crippen LogP contribution < -0.4 is 5.32 Å². The smallest absolute Gasteiger partial charge is 0.307 e. The first kappa shape index (κ1) is 13.0. The Morgan fingerprint density at radius 3 is 2.81 bits per heavy atom. The third-order valence-electron chi connectivity index (χ3n) is 2.94. The Kier molecular flexibility index (Phi) is 4.73. The highest BCUT2D eigenvalue weighted by atomic mass is 16.5.